The predicted molar refractivity (Wildman–Crippen MR) is 52.8 cm³/mol. The fraction of sp³-hybridized carbons (Fsp3) is 0.200. The van der Waals surface area contributed by atoms with Crippen molar-refractivity contribution in [1.29, 1.82) is 0 Å². The van der Waals surface area contributed by atoms with Gasteiger partial charge in [-0.1, -0.05) is 0 Å². The van der Waals surface area contributed by atoms with Gasteiger partial charge >= 0.3 is 0 Å². The molecule has 2 rings (SSSR count). The van der Waals surface area contributed by atoms with E-state index in [0.29, 0.717) is 6.54 Å². The molecule has 0 spiro atoms. The van der Waals surface area contributed by atoms with Crippen LogP contribution in [0.5, 0.6) is 0 Å². The van der Waals surface area contributed by atoms with Crippen molar-refractivity contribution in [2.24, 2.45) is 0 Å². The van der Waals surface area contributed by atoms with Crippen molar-refractivity contribution >= 4 is 10.8 Å². The van der Waals surface area contributed by atoms with E-state index in [0.717, 1.165) is 21.4 Å². The van der Waals surface area contributed by atoms with Gasteiger partial charge < -0.3 is 5.21 Å². The van der Waals surface area contributed by atoms with Crippen molar-refractivity contribution in [1.82, 2.24) is 15.0 Å². The zero-order valence-corrected chi connectivity index (χ0v) is 7.88. The Morgan fingerprint density at radius 1 is 1.29 bits per heavy atom. The average molecular weight is 189 g/mol. The number of fused-ring (bicyclic) bond motifs is 1. The van der Waals surface area contributed by atoms with Gasteiger partial charge in [0.25, 0.3) is 0 Å². The summed E-state index contributed by atoms with van der Waals surface area (Å²) in [6, 6.07) is 1.91. The highest BCUT2D eigenvalue weighted by Gasteiger charge is 2.02. The minimum Gasteiger partial charge on any atom is -0.314 e. The number of pyridine rings is 2. The molecule has 0 radical (unpaired) electrons. The van der Waals surface area contributed by atoms with Crippen LogP contribution in [0.2, 0.25) is 0 Å². The van der Waals surface area contributed by atoms with Crippen LogP contribution < -0.4 is 0 Å². The van der Waals surface area contributed by atoms with E-state index in [1.165, 1.54) is 0 Å². The quantitative estimate of drug-likeness (QED) is 0.726. The van der Waals surface area contributed by atoms with Crippen molar-refractivity contribution < 1.29 is 5.21 Å². The summed E-state index contributed by atoms with van der Waals surface area (Å²) >= 11 is 0. The van der Waals surface area contributed by atoms with E-state index in [-0.39, 0.29) is 0 Å². The minimum atomic E-state index is 0.454. The molecular formula is C10H11N3O. The summed E-state index contributed by atoms with van der Waals surface area (Å²) in [4.78, 5) is 8.15. The molecule has 0 saturated carbocycles. The Labute approximate surface area is 81.8 Å². The average Bonchev–Trinajstić information content (AvgIpc) is 2.18. The van der Waals surface area contributed by atoms with Gasteiger partial charge in [-0.2, -0.15) is 5.06 Å². The highest BCUT2D eigenvalue weighted by Crippen LogP contribution is 2.16. The van der Waals surface area contributed by atoms with Crippen LogP contribution in [-0.2, 0) is 6.54 Å². The Morgan fingerprint density at radius 3 is 2.93 bits per heavy atom. The first-order valence-corrected chi connectivity index (χ1v) is 4.34. The Balaban J connectivity index is 2.53. The van der Waals surface area contributed by atoms with Crippen LogP contribution in [0, 0.1) is 0 Å². The Kier molecular flexibility index (Phi) is 2.39. The van der Waals surface area contributed by atoms with Gasteiger partial charge in [-0.3, -0.25) is 9.97 Å². The monoisotopic (exact) mass is 189 g/mol. The summed E-state index contributed by atoms with van der Waals surface area (Å²) in [6.07, 6.45) is 7.06. The van der Waals surface area contributed by atoms with E-state index in [2.05, 4.69) is 9.97 Å². The molecule has 0 aromatic carbocycles. The van der Waals surface area contributed by atoms with Crippen molar-refractivity contribution in [3.8, 4) is 0 Å². The first-order chi connectivity index (χ1) is 6.77. The number of rotatable bonds is 2. The van der Waals surface area contributed by atoms with Crippen LogP contribution in [0.1, 0.15) is 5.56 Å². The van der Waals surface area contributed by atoms with Crippen LogP contribution in [0.3, 0.4) is 0 Å². The SMILES string of the molecule is CN(O)Cc1cncc2ccncc12. The van der Waals surface area contributed by atoms with Crippen molar-refractivity contribution in [2.45, 2.75) is 6.54 Å². The first-order valence-electron chi connectivity index (χ1n) is 4.34. The summed E-state index contributed by atoms with van der Waals surface area (Å²) in [7, 11) is 1.61. The second-order valence-electron chi connectivity index (χ2n) is 3.21. The van der Waals surface area contributed by atoms with Crippen LogP contribution in [0.25, 0.3) is 10.8 Å². The largest absolute Gasteiger partial charge is 0.314 e. The van der Waals surface area contributed by atoms with Crippen molar-refractivity contribution in [3.05, 3.63) is 36.4 Å². The number of hydrogen-bond acceptors (Lipinski definition) is 4. The van der Waals surface area contributed by atoms with Gasteiger partial charge in [0.2, 0.25) is 0 Å². The molecule has 0 saturated heterocycles. The Hall–Kier alpha value is -1.52. The molecule has 1 N–H and O–H groups in total. The molecule has 2 aromatic rings. The van der Waals surface area contributed by atoms with Gasteiger partial charge in [-0.15, -0.1) is 0 Å². The zero-order chi connectivity index (χ0) is 9.97. The van der Waals surface area contributed by atoms with Crippen LogP contribution in [-0.4, -0.2) is 27.3 Å². The number of nitrogens with zero attached hydrogens (tertiary/aromatic N) is 3. The van der Waals surface area contributed by atoms with E-state index >= 15 is 0 Å². The molecule has 4 heteroatoms. The summed E-state index contributed by atoms with van der Waals surface area (Å²) in [5, 5.41) is 12.4. The predicted octanol–water partition coefficient (Wildman–Crippen LogP) is 1.45. The Bertz CT molecular complexity index is 437. The molecule has 0 amide bonds. The van der Waals surface area contributed by atoms with Crippen LogP contribution >= 0.6 is 0 Å². The number of aromatic nitrogens is 2. The molecular weight excluding hydrogens is 178 g/mol. The Morgan fingerprint density at radius 2 is 2.14 bits per heavy atom. The van der Waals surface area contributed by atoms with E-state index in [1.807, 2.05) is 6.07 Å². The molecule has 2 heterocycles. The fourth-order valence-electron chi connectivity index (χ4n) is 1.44. The summed E-state index contributed by atoms with van der Waals surface area (Å²) in [6.45, 7) is 0.454. The fourth-order valence-corrected chi connectivity index (χ4v) is 1.44. The minimum absolute atomic E-state index is 0.454. The molecule has 4 nitrogen and oxygen atoms in total. The van der Waals surface area contributed by atoms with Gasteiger partial charge in [-0.25, -0.2) is 0 Å². The maximum absolute atomic E-state index is 9.15. The zero-order valence-electron chi connectivity index (χ0n) is 7.88. The normalized spacial score (nSPS) is 11.1. The molecule has 0 unspecified atom stereocenters. The molecule has 2 aromatic heterocycles. The van der Waals surface area contributed by atoms with E-state index < -0.39 is 0 Å². The van der Waals surface area contributed by atoms with Crippen molar-refractivity contribution in [2.75, 3.05) is 7.05 Å². The van der Waals surface area contributed by atoms with E-state index in [9.17, 15) is 0 Å². The third-order valence-corrected chi connectivity index (χ3v) is 2.04. The van der Waals surface area contributed by atoms with E-state index in [1.54, 1.807) is 31.8 Å². The lowest BCUT2D eigenvalue weighted by atomic mass is 10.1. The molecule has 0 bridgehead atoms. The maximum Gasteiger partial charge on any atom is 0.0507 e. The second-order valence-corrected chi connectivity index (χ2v) is 3.21. The van der Waals surface area contributed by atoms with Gasteiger partial charge in [0.15, 0.2) is 0 Å². The van der Waals surface area contributed by atoms with E-state index in [4.69, 9.17) is 5.21 Å². The standard InChI is InChI=1S/C10H11N3O/c1-13(14)7-9-5-12-4-8-2-3-11-6-10(8)9/h2-6,14H,7H2,1H3. The van der Waals surface area contributed by atoms with Crippen LogP contribution in [0.4, 0.5) is 0 Å². The second kappa shape index (κ2) is 3.69. The maximum atomic E-state index is 9.15. The van der Waals surface area contributed by atoms with Gasteiger partial charge in [-0.05, 0) is 11.6 Å². The van der Waals surface area contributed by atoms with Crippen LogP contribution in [0.15, 0.2) is 30.9 Å². The third-order valence-electron chi connectivity index (χ3n) is 2.04. The molecule has 72 valence electrons. The lowest BCUT2D eigenvalue weighted by molar-refractivity contribution is -0.0729. The molecule has 0 aliphatic rings. The number of hydroxylamine groups is 2. The lowest BCUT2D eigenvalue weighted by Gasteiger charge is -2.09. The summed E-state index contributed by atoms with van der Waals surface area (Å²) < 4.78 is 0. The van der Waals surface area contributed by atoms with Gasteiger partial charge in [0, 0.05) is 42.6 Å². The molecule has 0 fully saturated rings. The van der Waals surface area contributed by atoms with Crippen molar-refractivity contribution in [3.63, 3.8) is 0 Å². The lowest BCUT2D eigenvalue weighted by Crippen LogP contribution is -2.12. The number of hydrogen-bond donors (Lipinski definition) is 1. The molecule has 14 heavy (non-hydrogen) atoms. The summed E-state index contributed by atoms with van der Waals surface area (Å²) in [5.41, 5.74) is 0.973. The molecule has 0 atom stereocenters. The smallest absolute Gasteiger partial charge is 0.0507 e. The highest BCUT2D eigenvalue weighted by atomic mass is 16.5. The third kappa shape index (κ3) is 1.71. The molecule has 0 aliphatic carbocycles. The summed E-state index contributed by atoms with van der Waals surface area (Å²) in [5.74, 6) is 0. The first kappa shape index (κ1) is 9.05. The van der Waals surface area contributed by atoms with Gasteiger partial charge in [0.05, 0.1) is 6.54 Å². The van der Waals surface area contributed by atoms with Gasteiger partial charge in [0.1, 0.15) is 0 Å². The topological polar surface area (TPSA) is 49.2 Å². The highest BCUT2D eigenvalue weighted by molar-refractivity contribution is 5.83. The molecule has 0 aliphatic heterocycles.